The molecule has 0 unspecified atom stereocenters. The van der Waals surface area contributed by atoms with Crippen LogP contribution in [0.4, 0.5) is 18.9 Å². The van der Waals surface area contributed by atoms with E-state index in [1.807, 2.05) is 0 Å². The third-order valence-corrected chi connectivity index (χ3v) is 9.20. The van der Waals surface area contributed by atoms with Crippen molar-refractivity contribution in [3.05, 3.63) is 29.3 Å². The molecule has 4 atom stereocenters. The minimum absolute atomic E-state index is 0.00125. The molecule has 2 bridgehead atoms. The van der Waals surface area contributed by atoms with Crippen LogP contribution in [0.1, 0.15) is 37.3 Å². The highest BCUT2D eigenvalue weighted by Gasteiger charge is 2.68. The van der Waals surface area contributed by atoms with Gasteiger partial charge in [-0.1, -0.05) is 0 Å². The molecule has 1 aliphatic heterocycles. The fourth-order valence-electron chi connectivity index (χ4n) is 5.18. The monoisotopic (exact) mass is 370 g/mol. The summed E-state index contributed by atoms with van der Waals surface area (Å²) in [6.07, 6.45) is -1.94. The number of sulfonamides is 1. The zero-order valence-electron chi connectivity index (χ0n) is 13.5. The van der Waals surface area contributed by atoms with Crippen LogP contribution in [0, 0.1) is 29.1 Å². The Morgan fingerprint density at radius 2 is 2.04 bits per heavy atom. The van der Waals surface area contributed by atoms with Crippen LogP contribution >= 0.6 is 0 Å². The summed E-state index contributed by atoms with van der Waals surface area (Å²) in [7, 11) is -3.75. The SMILES string of the molecule is C[C@@]12[C@H]3CC[C@@H](C3)[C@@H]1CN(c1ccc(C#N)c(C(F)(F)F)c1)S2(=O)=O. The number of hydrogen-bond acceptors (Lipinski definition) is 3. The first-order chi connectivity index (χ1) is 11.6. The largest absolute Gasteiger partial charge is 0.417 e. The highest BCUT2D eigenvalue weighted by Crippen LogP contribution is 2.62. The van der Waals surface area contributed by atoms with Crippen LogP contribution in [0.25, 0.3) is 0 Å². The van der Waals surface area contributed by atoms with Crippen molar-refractivity contribution in [3.63, 3.8) is 0 Å². The number of nitrogens with zero attached hydrogens (tertiary/aromatic N) is 2. The number of nitriles is 1. The smallest absolute Gasteiger partial charge is 0.269 e. The molecule has 4 rings (SSSR count). The third kappa shape index (κ3) is 2.02. The molecule has 1 aromatic carbocycles. The highest BCUT2D eigenvalue weighted by atomic mass is 32.2. The van der Waals surface area contributed by atoms with Crippen LogP contribution < -0.4 is 4.31 Å². The number of halogens is 3. The summed E-state index contributed by atoms with van der Waals surface area (Å²) in [5.41, 5.74) is -1.59. The molecule has 0 amide bonds. The van der Waals surface area contributed by atoms with Gasteiger partial charge in [-0.3, -0.25) is 4.31 Å². The molecule has 2 aliphatic carbocycles. The van der Waals surface area contributed by atoms with Crippen LogP contribution in [-0.4, -0.2) is 19.7 Å². The Kier molecular flexibility index (Phi) is 3.28. The van der Waals surface area contributed by atoms with E-state index in [0.29, 0.717) is 5.92 Å². The van der Waals surface area contributed by atoms with Gasteiger partial charge in [0.15, 0.2) is 0 Å². The normalized spacial score (nSPS) is 35.6. The van der Waals surface area contributed by atoms with Crippen molar-refractivity contribution in [3.8, 4) is 6.07 Å². The molecule has 8 heteroatoms. The van der Waals surface area contributed by atoms with E-state index in [0.717, 1.165) is 35.7 Å². The second-order valence-corrected chi connectivity index (χ2v) is 9.71. The van der Waals surface area contributed by atoms with Gasteiger partial charge in [0.25, 0.3) is 0 Å². The lowest BCUT2D eigenvalue weighted by Gasteiger charge is -2.33. The Labute approximate surface area is 144 Å². The first-order valence-electron chi connectivity index (χ1n) is 8.24. The van der Waals surface area contributed by atoms with Gasteiger partial charge in [-0.25, -0.2) is 8.42 Å². The van der Waals surface area contributed by atoms with Gasteiger partial charge in [0.2, 0.25) is 10.0 Å². The topological polar surface area (TPSA) is 61.2 Å². The van der Waals surface area contributed by atoms with Gasteiger partial charge < -0.3 is 0 Å². The summed E-state index contributed by atoms with van der Waals surface area (Å²) in [6.45, 7) is 1.98. The maximum Gasteiger partial charge on any atom is 0.417 e. The van der Waals surface area contributed by atoms with Crippen molar-refractivity contribution in [2.45, 2.75) is 37.1 Å². The summed E-state index contributed by atoms with van der Waals surface area (Å²) in [5.74, 6) is 0.370. The van der Waals surface area contributed by atoms with E-state index in [1.54, 1.807) is 6.92 Å². The van der Waals surface area contributed by atoms with Crippen molar-refractivity contribution >= 4 is 15.7 Å². The van der Waals surface area contributed by atoms with Crippen molar-refractivity contribution in [2.24, 2.45) is 17.8 Å². The van der Waals surface area contributed by atoms with Crippen molar-refractivity contribution < 1.29 is 21.6 Å². The molecule has 1 saturated heterocycles. The zero-order chi connectivity index (χ0) is 18.2. The molecule has 1 aromatic rings. The molecule has 0 N–H and O–H groups in total. The third-order valence-electron chi connectivity index (χ3n) is 6.51. The fourth-order valence-corrected chi connectivity index (χ4v) is 7.69. The van der Waals surface area contributed by atoms with Crippen LogP contribution in [0.3, 0.4) is 0 Å². The van der Waals surface area contributed by atoms with Gasteiger partial charge in [-0.15, -0.1) is 0 Å². The number of fused-ring (bicyclic) bond motifs is 5. The summed E-state index contributed by atoms with van der Waals surface area (Å²) in [6, 6.07) is 4.68. The van der Waals surface area contributed by atoms with Gasteiger partial charge in [-0.05, 0) is 56.2 Å². The van der Waals surface area contributed by atoms with E-state index in [1.165, 1.54) is 12.1 Å². The van der Waals surface area contributed by atoms with E-state index in [9.17, 15) is 21.6 Å². The van der Waals surface area contributed by atoms with Crippen molar-refractivity contribution in [2.75, 3.05) is 10.8 Å². The average Bonchev–Trinajstić information content (AvgIpc) is 3.17. The molecular formula is C17H17F3N2O2S. The predicted octanol–water partition coefficient (Wildman–Crippen LogP) is 3.53. The lowest BCUT2D eigenvalue weighted by molar-refractivity contribution is -0.137. The maximum atomic E-state index is 13.2. The number of hydrogen-bond donors (Lipinski definition) is 0. The van der Waals surface area contributed by atoms with E-state index in [-0.39, 0.29) is 24.1 Å². The Balaban J connectivity index is 1.81. The quantitative estimate of drug-likeness (QED) is 0.760. The number of rotatable bonds is 1. The molecule has 4 nitrogen and oxygen atoms in total. The molecular weight excluding hydrogens is 353 g/mol. The number of benzene rings is 1. The standard InChI is InChI=1S/C17H17F3N2O2S/c1-16-12-4-2-10(6-12)15(16)9-22(25(16,23)24)13-5-3-11(8-21)14(7-13)17(18,19)20/h3,5,7,10,12,15H,2,4,6,9H2,1H3/t10-,12-,15-,16+/m0/s1. The summed E-state index contributed by atoms with van der Waals surface area (Å²) < 4.78 is 66.3. The lowest BCUT2D eigenvalue weighted by atomic mass is 9.79. The molecule has 1 heterocycles. The number of anilines is 1. The van der Waals surface area contributed by atoms with Gasteiger partial charge >= 0.3 is 6.18 Å². The number of alkyl halides is 3. The molecule has 0 spiro atoms. The Morgan fingerprint density at radius 1 is 1.32 bits per heavy atom. The van der Waals surface area contributed by atoms with E-state index < -0.39 is 32.1 Å². The second-order valence-electron chi connectivity index (χ2n) is 7.44. The maximum absolute atomic E-state index is 13.2. The average molecular weight is 370 g/mol. The van der Waals surface area contributed by atoms with Crippen LogP contribution in [0.15, 0.2) is 18.2 Å². The van der Waals surface area contributed by atoms with Crippen molar-refractivity contribution in [1.82, 2.24) is 0 Å². The van der Waals surface area contributed by atoms with E-state index in [4.69, 9.17) is 5.26 Å². The second kappa shape index (κ2) is 4.91. The summed E-state index contributed by atoms with van der Waals surface area (Å²) in [4.78, 5) is 0. The first-order valence-corrected chi connectivity index (χ1v) is 9.68. The molecule has 3 fully saturated rings. The summed E-state index contributed by atoms with van der Waals surface area (Å²) in [5, 5.41) is 8.91. The first kappa shape index (κ1) is 16.7. The van der Waals surface area contributed by atoms with Crippen LogP contribution in [0.5, 0.6) is 0 Å². The Hall–Kier alpha value is -1.75. The molecule has 134 valence electrons. The van der Waals surface area contributed by atoms with Crippen LogP contribution in [0.2, 0.25) is 0 Å². The Morgan fingerprint density at radius 3 is 2.64 bits per heavy atom. The van der Waals surface area contributed by atoms with Crippen LogP contribution in [-0.2, 0) is 16.2 Å². The van der Waals surface area contributed by atoms with Gasteiger partial charge in [0.1, 0.15) is 0 Å². The molecule has 3 aliphatic rings. The zero-order valence-corrected chi connectivity index (χ0v) is 14.4. The summed E-state index contributed by atoms with van der Waals surface area (Å²) >= 11 is 0. The van der Waals surface area contributed by atoms with Gasteiger partial charge in [0.05, 0.1) is 27.6 Å². The Bertz CT molecular complexity index is 890. The van der Waals surface area contributed by atoms with Crippen molar-refractivity contribution in [1.29, 1.82) is 5.26 Å². The van der Waals surface area contributed by atoms with Gasteiger partial charge in [-0.2, -0.15) is 18.4 Å². The predicted molar refractivity (Wildman–Crippen MR) is 85.2 cm³/mol. The molecule has 0 radical (unpaired) electrons. The van der Waals surface area contributed by atoms with E-state index in [2.05, 4.69) is 0 Å². The fraction of sp³-hybridized carbons (Fsp3) is 0.588. The highest BCUT2D eigenvalue weighted by molar-refractivity contribution is 7.94. The minimum atomic E-state index is -4.70. The van der Waals surface area contributed by atoms with E-state index >= 15 is 0 Å². The molecule has 25 heavy (non-hydrogen) atoms. The molecule has 2 saturated carbocycles. The van der Waals surface area contributed by atoms with Gasteiger partial charge in [0, 0.05) is 12.5 Å². The molecule has 0 aromatic heterocycles. The lowest BCUT2D eigenvalue weighted by Crippen LogP contribution is -2.44. The minimum Gasteiger partial charge on any atom is -0.269 e.